The average Bonchev–Trinajstić information content (AvgIpc) is 2.58. The fourth-order valence-corrected chi connectivity index (χ4v) is 2.13. The van der Waals surface area contributed by atoms with Gasteiger partial charge in [-0.1, -0.05) is 12.2 Å². The number of rotatable bonds is 6. The average molecular weight is 372 g/mol. The van der Waals surface area contributed by atoms with Crippen molar-refractivity contribution in [1.29, 1.82) is 0 Å². The van der Waals surface area contributed by atoms with E-state index in [4.69, 9.17) is 17.0 Å². The molecule has 0 unspecified atom stereocenters. The van der Waals surface area contributed by atoms with Gasteiger partial charge in [-0.05, 0) is 36.4 Å². The number of ether oxygens (including phenoxy) is 1. The van der Waals surface area contributed by atoms with Crippen molar-refractivity contribution in [2.45, 2.75) is 12.3 Å². The lowest BCUT2D eigenvalue weighted by atomic mass is 10.2. The molecule has 0 saturated carbocycles. The van der Waals surface area contributed by atoms with E-state index in [0.717, 1.165) is 24.3 Å². The lowest BCUT2D eigenvalue weighted by Gasteiger charge is -2.14. The van der Waals surface area contributed by atoms with Gasteiger partial charge >= 0.3 is 6.18 Å². The maximum absolute atomic E-state index is 12.4. The van der Waals surface area contributed by atoms with Gasteiger partial charge in [0.15, 0.2) is 0 Å². The summed E-state index contributed by atoms with van der Waals surface area (Å²) < 4.78 is 42.8. The Hall–Kier alpha value is -2.39. The van der Waals surface area contributed by atoms with E-state index in [1.54, 1.807) is 18.3 Å². The summed E-state index contributed by atoms with van der Waals surface area (Å²) in [5, 5.41) is 12.3. The summed E-state index contributed by atoms with van der Waals surface area (Å²) in [6.45, 7) is -0.281. The Morgan fingerprint density at radius 1 is 1.28 bits per heavy atom. The van der Waals surface area contributed by atoms with Crippen LogP contribution in [0.25, 0.3) is 0 Å². The van der Waals surface area contributed by atoms with Crippen LogP contribution in [0.15, 0.2) is 42.6 Å². The van der Waals surface area contributed by atoms with Gasteiger partial charge in [-0.15, -0.1) is 0 Å². The van der Waals surface area contributed by atoms with Crippen molar-refractivity contribution in [2.75, 3.05) is 13.2 Å². The quantitative estimate of drug-likeness (QED) is 0.682. The number of benzene rings is 1. The van der Waals surface area contributed by atoms with Gasteiger partial charge in [-0.2, -0.15) is 13.2 Å². The molecule has 1 heterocycles. The molecule has 0 spiro atoms. The summed E-state index contributed by atoms with van der Waals surface area (Å²) in [5.74, 6) is -0.265. The van der Waals surface area contributed by atoms with Gasteiger partial charge in [0.05, 0.1) is 11.1 Å². The summed E-state index contributed by atoms with van der Waals surface area (Å²) in [7, 11) is 0. The first-order valence-corrected chi connectivity index (χ1v) is 7.62. The van der Waals surface area contributed by atoms with Gasteiger partial charge in [0.2, 0.25) is 0 Å². The minimum Gasteiger partial charge on any atom is -0.491 e. The van der Waals surface area contributed by atoms with E-state index in [1.165, 1.54) is 0 Å². The summed E-state index contributed by atoms with van der Waals surface area (Å²) in [5.41, 5.74) is -0.514. The van der Waals surface area contributed by atoms with Crippen molar-refractivity contribution in [1.82, 2.24) is 10.3 Å². The molecule has 1 aromatic heterocycles. The Labute approximate surface area is 146 Å². The summed E-state index contributed by atoms with van der Waals surface area (Å²) in [6.07, 6.45) is -3.86. The number of nitrogens with one attached hydrogen (secondary N) is 2. The number of carbonyl (C=O) groups excluding carboxylic acids is 1. The lowest BCUT2D eigenvalue weighted by Crippen LogP contribution is -2.35. The molecule has 1 aromatic carbocycles. The highest BCUT2D eigenvalue weighted by Gasteiger charge is 2.30. The molecule has 2 rings (SSSR count). The van der Waals surface area contributed by atoms with E-state index in [2.05, 4.69) is 10.3 Å². The smallest absolute Gasteiger partial charge is 0.416 e. The Balaban J connectivity index is 1.81. The zero-order valence-electron chi connectivity index (χ0n) is 12.8. The minimum atomic E-state index is -4.42. The standard InChI is InChI=1S/C16H15F3N2O3S/c17-16(18,19)10-3-5-12(6-4-10)24-9-11(22)8-21-14(23)13-2-1-7-20-15(13)25/h1-7,11,22H,8-9H2,(H,20,25)(H,21,23)/t11-/m1/s1. The van der Waals surface area contributed by atoms with Crippen LogP contribution in [0.1, 0.15) is 15.9 Å². The van der Waals surface area contributed by atoms with E-state index >= 15 is 0 Å². The van der Waals surface area contributed by atoms with Crippen LogP contribution in [-0.2, 0) is 6.18 Å². The summed E-state index contributed by atoms with van der Waals surface area (Å²) in [4.78, 5) is 14.6. The van der Waals surface area contributed by atoms with Crippen molar-refractivity contribution in [3.8, 4) is 5.75 Å². The third-order valence-corrected chi connectivity index (χ3v) is 3.52. The van der Waals surface area contributed by atoms with Gasteiger partial charge in [-0.25, -0.2) is 0 Å². The zero-order valence-corrected chi connectivity index (χ0v) is 13.7. The third kappa shape index (κ3) is 5.57. The van der Waals surface area contributed by atoms with Crippen LogP contribution in [-0.4, -0.2) is 35.3 Å². The number of aromatic amines is 1. The first-order valence-electron chi connectivity index (χ1n) is 7.21. The molecule has 134 valence electrons. The second kappa shape index (κ2) is 8.13. The molecule has 1 amide bonds. The van der Waals surface area contributed by atoms with Gasteiger partial charge < -0.3 is 20.1 Å². The van der Waals surface area contributed by atoms with Crippen molar-refractivity contribution in [2.24, 2.45) is 0 Å². The molecule has 5 nitrogen and oxygen atoms in total. The first kappa shape index (κ1) is 18.9. The van der Waals surface area contributed by atoms with Crippen LogP contribution in [0, 0.1) is 4.64 Å². The molecule has 0 aliphatic rings. The largest absolute Gasteiger partial charge is 0.491 e. The van der Waals surface area contributed by atoms with Crippen molar-refractivity contribution < 1.29 is 27.8 Å². The molecule has 0 aliphatic heterocycles. The van der Waals surface area contributed by atoms with E-state index < -0.39 is 23.8 Å². The number of aromatic nitrogens is 1. The van der Waals surface area contributed by atoms with Gasteiger partial charge in [0.1, 0.15) is 23.1 Å². The minimum absolute atomic E-state index is 0.0941. The predicted molar refractivity (Wildman–Crippen MR) is 86.9 cm³/mol. The number of H-pyrrole nitrogens is 1. The molecule has 9 heteroatoms. The molecule has 2 aromatic rings. The number of aliphatic hydroxyl groups excluding tert-OH is 1. The van der Waals surface area contributed by atoms with Crippen LogP contribution in [0.5, 0.6) is 5.75 Å². The Morgan fingerprint density at radius 2 is 1.96 bits per heavy atom. The summed E-state index contributed by atoms with van der Waals surface area (Å²) >= 11 is 4.98. The number of hydrogen-bond donors (Lipinski definition) is 3. The number of amides is 1. The van der Waals surface area contributed by atoms with Crippen LogP contribution < -0.4 is 10.1 Å². The van der Waals surface area contributed by atoms with E-state index in [0.29, 0.717) is 0 Å². The SMILES string of the molecule is O=C(NC[C@@H](O)COc1ccc(C(F)(F)F)cc1)c1ccc[nH]c1=S. The maximum Gasteiger partial charge on any atom is 0.416 e. The van der Waals surface area contributed by atoms with Crippen LogP contribution in [0.4, 0.5) is 13.2 Å². The fourth-order valence-electron chi connectivity index (χ4n) is 1.90. The molecular formula is C16H15F3N2O3S. The van der Waals surface area contributed by atoms with Gasteiger partial charge in [0.25, 0.3) is 5.91 Å². The number of alkyl halides is 3. The molecule has 25 heavy (non-hydrogen) atoms. The Bertz CT molecular complexity index is 775. The molecular weight excluding hydrogens is 357 g/mol. The number of hydrogen-bond acceptors (Lipinski definition) is 4. The Morgan fingerprint density at radius 3 is 2.56 bits per heavy atom. The van der Waals surface area contributed by atoms with Crippen LogP contribution in [0.2, 0.25) is 0 Å². The maximum atomic E-state index is 12.4. The molecule has 0 fully saturated rings. The summed E-state index contributed by atoms with van der Waals surface area (Å²) in [6, 6.07) is 7.27. The second-order valence-electron chi connectivity index (χ2n) is 5.11. The van der Waals surface area contributed by atoms with E-state index in [-0.39, 0.29) is 29.1 Å². The lowest BCUT2D eigenvalue weighted by molar-refractivity contribution is -0.137. The topological polar surface area (TPSA) is 74.3 Å². The highest BCUT2D eigenvalue weighted by molar-refractivity contribution is 7.71. The van der Waals surface area contributed by atoms with Crippen molar-refractivity contribution in [3.05, 3.63) is 58.4 Å². The first-order chi connectivity index (χ1) is 11.8. The highest BCUT2D eigenvalue weighted by atomic mass is 32.1. The van der Waals surface area contributed by atoms with Crippen LogP contribution in [0.3, 0.4) is 0 Å². The molecule has 0 saturated heterocycles. The van der Waals surface area contributed by atoms with E-state index in [1.807, 2.05) is 0 Å². The fraction of sp³-hybridized carbons (Fsp3) is 0.250. The van der Waals surface area contributed by atoms with Crippen LogP contribution >= 0.6 is 12.2 Å². The second-order valence-corrected chi connectivity index (χ2v) is 5.52. The van der Waals surface area contributed by atoms with E-state index in [9.17, 15) is 23.1 Å². The number of aliphatic hydroxyl groups is 1. The van der Waals surface area contributed by atoms with Gasteiger partial charge in [-0.3, -0.25) is 4.79 Å². The molecule has 0 aliphatic carbocycles. The molecule has 0 radical (unpaired) electrons. The number of pyridine rings is 1. The molecule has 1 atom stereocenters. The van der Waals surface area contributed by atoms with Gasteiger partial charge in [0, 0.05) is 12.7 Å². The third-order valence-electron chi connectivity index (χ3n) is 3.19. The highest BCUT2D eigenvalue weighted by Crippen LogP contribution is 2.30. The number of carbonyl (C=O) groups is 1. The monoisotopic (exact) mass is 372 g/mol. The van der Waals surface area contributed by atoms with Crippen molar-refractivity contribution >= 4 is 18.1 Å². The Kier molecular flexibility index (Phi) is 6.16. The van der Waals surface area contributed by atoms with Crippen molar-refractivity contribution in [3.63, 3.8) is 0 Å². The predicted octanol–water partition coefficient (Wildman–Crippen LogP) is 2.93. The zero-order chi connectivity index (χ0) is 18.4. The molecule has 3 N–H and O–H groups in total. The number of halogens is 3. The normalized spacial score (nSPS) is 12.5. The molecule has 0 bridgehead atoms.